The summed E-state index contributed by atoms with van der Waals surface area (Å²) in [6, 6.07) is 18.8. The van der Waals surface area contributed by atoms with Gasteiger partial charge in [0.25, 0.3) is 0 Å². The molecule has 168 valence electrons. The molecule has 0 spiro atoms. The zero-order valence-corrected chi connectivity index (χ0v) is 18.4. The number of ether oxygens (including phenoxy) is 2. The third-order valence-electron chi connectivity index (χ3n) is 4.64. The van der Waals surface area contributed by atoms with Gasteiger partial charge in [-0.15, -0.1) is 0 Å². The molecule has 0 aliphatic carbocycles. The lowest BCUT2D eigenvalue weighted by molar-refractivity contribution is -0.136. The van der Waals surface area contributed by atoms with Crippen LogP contribution in [0.25, 0.3) is 0 Å². The molecule has 3 rings (SSSR count). The number of nitrogens with zero attached hydrogens (tertiary/aromatic N) is 1. The predicted octanol–water partition coefficient (Wildman–Crippen LogP) is 3.62. The molecule has 2 N–H and O–H groups in total. The van der Waals surface area contributed by atoms with Crippen molar-refractivity contribution in [1.82, 2.24) is 5.43 Å². The summed E-state index contributed by atoms with van der Waals surface area (Å²) in [4.78, 5) is 36.8. The van der Waals surface area contributed by atoms with Crippen LogP contribution in [0.2, 0.25) is 0 Å². The zero-order valence-electron chi connectivity index (χ0n) is 18.4. The van der Waals surface area contributed by atoms with Crippen molar-refractivity contribution < 1.29 is 23.9 Å². The Morgan fingerprint density at radius 2 is 1.70 bits per heavy atom. The van der Waals surface area contributed by atoms with Gasteiger partial charge in [0.05, 0.1) is 18.9 Å². The van der Waals surface area contributed by atoms with Crippen molar-refractivity contribution >= 4 is 29.7 Å². The maximum Gasteiger partial charge on any atom is 0.343 e. The van der Waals surface area contributed by atoms with Crippen LogP contribution in [0, 0.1) is 13.8 Å². The monoisotopic (exact) mass is 445 g/mol. The van der Waals surface area contributed by atoms with E-state index in [1.165, 1.54) is 13.3 Å². The van der Waals surface area contributed by atoms with Gasteiger partial charge < -0.3 is 14.8 Å². The highest BCUT2D eigenvalue weighted by Crippen LogP contribution is 2.20. The van der Waals surface area contributed by atoms with E-state index in [4.69, 9.17) is 9.47 Å². The molecule has 0 saturated heterocycles. The number of benzene rings is 3. The van der Waals surface area contributed by atoms with E-state index in [-0.39, 0.29) is 5.75 Å². The molecule has 3 aromatic rings. The van der Waals surface area contributed by atoms with Crippen LogP contribution in [0.3, 0.4) is 0 Å². The van der Waals surface area contributed by atoms with Gasteiger partial charge in [0, 0.05) is 11.3 Å². The number of aryl methyl sites for hydroxylation is 2. The minimum Gasteiger partial charge on any atom is -0.497 e. The topological polar surface area (TPSA) is 106 Å². The number of hydrazone groups is 1. The molecule has 0 fully saturated rings. The molecular weight excluding hydrogens is 422 g/mol. The van der Waals surface area contributed by atoms with Crippen molar-refractivity contribution in [2.24, 2.45) is 5.10 Å². The number of carbonyl (C=O) groups excluding carboxylic acids is 3. The summed E-state index contributed by atoms with van der Waals surface area (Å²) in [5, 5.41) is 6.38. The standard InChI is InChI=1S/C25H23N3O5/c1-16-11-12-17(2)21(13-16)27-23(29)24(30)28-26-15-19-7-4-5-10-22(19)33-25(31)18-8-6-9-20(14-18)32-3/h4-15H,1-3H3,(H,27,29)(H,28,30)/b26-15+. The molecule has 3 aromatic carbocycles. The van der Waals surface area contributed by atoms with Gasteiger partial charge in [-0.25, -0.2) is 10.2 Å². The first-order valence-corrected chi connectivity index (χ1v) is 10.0. The molecule has 0 unspecified atom stereocenters. The summed E-state index contributed by atoms with van der Waals surface area (Å²) in [6.45, 7) is 3.72. The van der Waals surface area contributed by atoms with E-state index in [1.54, 1.807) is 54.6 Å². The summed E-state index contributed by atoms with van der Waals surface area (Å²) in [6.07, 6.45) is 1.29. The van der Waals surface area contributed by atoms with Gasteiger partial charge in [-0.1, -0.05) is 30.3 Å². The number of para-hydroxylation sites is 1. The maximum atomic E-state index is 12.5. The lowest BCUT2D eigenvalue weighted by atomic mass is 10.1. The van der Waals surface area contributed by atoms with E-state index in [0.717, 1.165) is 11.1 Å². The summed E-state index contributed by atoms with van der Waals surface area (Å²) in [7, 11) is 1.51. The lowest BCUT2D eigenvalue weighted by Crippen LogP contribution is -2.32. The Morgan fingerprint density at radius 3 is 2.48 bits per heavy atom. The highest BCUT2D eigenvalue weighted by Gasteiger charge is 2.15. The number of carbonyl (C=O) groups is 3. The molecule has 2 amide bonds. The average Bonchev–Trinajstić information content (AvgIpc) is 2.82. The Labute approximate surface area is 191 Å². The fourth-order valence-electron chi connectivity index (χ4n) is 2.85. The molecule has 8 heteroatoms. The van der Waals surface area contributed by atoms with Crippen molar-refractivity contribution in [2.75, 3.05) is 12.4 Å². The Kier molecular flexibility index (Phi) is 7.54. The van der Waals surface area contributed by atoms with Gasteiger partial charge in [-0.05, 0) is 61.4 Å². The highest BCUT2D eigenvalue weighted by atomic mass is 16.5. The first-order valence-electron chi connectivity index (χ1n) is 10.0. The van der Waals surface area contributed by atoms with Gasteiger partial charge >= 0.3 is 17.8 Å². The van der Waals surface area contributed by atoms with Gasteiger partial charge in [-0.3, -0.25) is 9.59 Å². The smallest absolute Gasteiger partial charge is 0.343 e. The van der Waals surface area contributed by atoms with Crippen molar-refractivity contribution in [3.63, 3.8) is 0 Å². The van der Waals surface area contributed by atoms with Crippen molar-refractivity contribution in [3.8, 4) is 11.5 Å². The third kappa shape index (κ3) is 6.27. The summed E-state index contributed by atoms with van der Waals surface area (Å²) >= 11 is 0. The Morgan fingerprint density at radius 1 is 0.909 bits per heavy atom. The van der Waals surface area contributed by atoms with Crippen molar-refractivity contribution in [1.29, 1.82) is 0 Å². The molecule has 0 atom stereocenters. The van der Waals surface area contributed by atoms with Gasteiger partial charge in [0.15, 0.2) is 0 Å². The van der Waals surface area contributed by atoms with Crippen molar-refractivity contribution in [2.45, 2.75) is 13.8 Å². The summed E-state index contributed by atoms with van der Waals surface area (Å²) in [5.41, 5.74) is 5.26. The van der Waals surface area contributed by atoms with E-state index >= 15 is 0 Å². The van der Waals surface area contributed by atoms with Crippen LogP contribution < -0.4 is 20.2 Å². The van der Waals surface area contributed by atoms with Crippen molar-refractivity contribution in [3.05, 3.63) is 89.0 Å². The largest absolute Gasteiger partial charge is 0.497 e. The number of amides is 2. The average molecular weight is 445 g/mol. The number of nitrogens with one attached hydrogen (secondary N) is 2. The molecular formula is C25H23N3O5. The fraction of sp³-hybridized carbons (Fsp3) is 0.120. The van der Waals surface area contributed by atoms with E-state index in [2.05, 4.69) is 15.8 Å². The molecule has 0 aliphatic heterocycles. The molecule has 0 heterocycles. The molecule has 0 saturated carbocycles. The Balaban J connectivity index is 1.64. The summed E-state index contributed by atoms with van der Waals surface area (Å²) < 4.78 is 10.6. The molecule has 0 aliphatic rings. The second kappa shape index (κ2) is 10.7. The predicted molar refractivity (Wildman–Crippen MR) is 125 cm³/mol. The lowest BCUT2D eigenvalue weighted by Gasteiger charge is -2.09. The molecule has 0 aromatic heterocycles. The first kappa shape index (κ1) is 23.2. The fourth-order valence-corrected chi connectivity index (χ4v) is 2.85. The van der Waals surface area contributed by atoms with E-state index < -0.39 is 17.8 Å². The zero-order chi connectivity index (χ0) is 23.8. The molecule has 0 bridgehead atoms. The van der Waals surface area contributed by atoms with Crippen LogP contribution in [-0.2, 0) is 9.59 Å². The van der Waals surface area contributed by atoms with E-state index in [0.29, 0.717) is 22.6 Å². The maximum absolute atomic E-state index is 12.5. The second-order valence-electron chi connectivity index (χ2n) is 7.13. The quantitative estimate of drug-likeness (QED) is 0.198. The number of hydrogen-bond acceptors (Lipinski definition) is 6. The SMILES string of the molecule is COc1cccc(C(=O)Oc2ccccc2/C=N/NC(=O)C(=O)Nc2cc(C)ccc2C)c1. The number of esters is 1. The van der Waals surface area contributed by atoms with Crippen LogP contribution in [-0.4, -0.2) is 31.1 Å². The molecule has 33 heavy (non-hydrogen) atoms. The van der Waals surface area contributed by atoms with E-state index in [9.17, 15) is 14.4 Å². The number of anilines is 1. The van der Waals surface area contributed by atoms with Crippen LogP contribution in [0.1, 0.15) is 27.0 Å². The summed E-state index contributed by atoms with van der Waals surface area (Å²) in [5.74, 6) is -1.59. The molecule has 8 nitrogen and oxygen atoms in total. The Bertz CT molecular complexity index is 1220. The van der Waals surface area contributed by atoms with E-state index in [1.807, 2.05) is 26.0 Å². The minimum atomic E-state index is -0.932. The minimum absolute atomic E-state index is 0.239. The number of hydrogen-bond donors (Lipinski definition) is 2. The van der Waals surface area contributed by atoms with Gasteiger partial charge in [-0.2, -0.15) is 5.10 Å². The van der Waals surface area contributed by atoms with Crippen LogP contribution >= 0.6 is 0 Å². The third-order valence-corrected chi connectivity index (χ3v) is 4.64. The van der Waals surface area contributed by atoms with Crippen LogP contribution in [0.4, 0.5) is 5.69 Å². The highest BCUT2D eigenvalue weighted by molar-refractivity contribution is 6.39. The Hall–Kier alpha value is -4.46. The van der Waals surface area contributed by atoms with Gasteiger partial charge in [0.2, 0.25) is 0 Å². The van der Waals surface area contributed by atoms with Crippen LogP contribution in [0.5, 0.6) is 11.5 Å². The second-order valence-corrected chi connectivity index (χ2v) is 7.13. The first-order chi connectivity index (χ1) is 15.9. The van der Waals surface area contributed by atoms with Gasteiger partial charge in [0.1, 0.15) is 11.5 Å². The normalized spacial score (nSPS) is 10.5. The number of methoxy groups -OCH3 is 1. The van der Waals surface area contributed by atoms with Crippen LogP contribution in [0.15, 0.2) is 71.8 Å². The molecule has 0 radical (unpaired) electrons. The number of rotatable bonds is 6.